The Morgan fingerprint density at radius 2 is 2.00 bits per heavy atom. The number of primary amides is 1. The van der Waals surface area contributed by atoms with Gasteiger partial charge in [-0.05, 0) is 31.5 Å². The van der Waals surface area contributed by atoms with Crippen molar-refractivity contribution in [2.24, 2.45) is 5.73 Å². The van der Waals surface area contributed by atoms with Gasteiger partial charge in [0.1, 0.15) is 0 Å². The van der Waals surface area contributed by atoms with Crippen molar-refractivity contribution in [2.45, 2.75) is 19.3 Å². The lowest BCUT2D eigenvalue weighted by atomic mass is 9.84. The molecule has 1 aromatic rings. The van der Waals surface area contributed by atoms with Crippen LogP contribution in [0.2, 0.25) is 0 Å². The summed E-state index contributed by atoms with van der Waals surface area (Å²) in [6.45, 7) is 3.57. The van der Waals surface area contributed by atoms with Crippen LogP contribution in [0, 0.1) is 0 Å². The summed E-state index contributed by atoms with van der Waals surface area (Å²) in [6.07, 6.45) is 0. The van der Waals surface area contributed by atoms with E-state index in [2.05, 4.69) is 0 Å². The van der Waals surface area contributed by atoms with Crippen LogP contribution in [0.25, 0.3) is 0 Å². The minimum absolute atomic E-state index is 0.00443. The second kappa shape index (κ2) is 3.38. The van der Waals surface area contributed by atoms with Gasteiger partial charge in [-0.1, -0.05) is 6.07 Å². The van der Waals surface area contributed by atoms with Gasteiger partial charge in [-0.2, -0.15) is 0 Å². The number of amides is 1. The molecule has 1 heterocycles. The molecular weight excluding hydrogens is 213 g/mol. The highest BCUT2D eigenvalue weighted by Gasteiger charge is 2.29. The maximum absolute atomic E-state index is 11.3. The van der Waals surface area contributed by atoms with Crippen molar-refractivity contribution >= 4 is 14.9 Å². The zero-order valence-corrected chi connectivity index (χ0v) is 9.53. The molecule has 0 radical (unpaired) electrons. The van der Waals surface area contributed by atoms with E-state index in [0.717, 1.165) is 11.3 Å². The topological polar surface area (TPSA) is 61.6 Å². The van der Waals surface area contributed by atoms with Crippen molar-refractivity contribution in [1.29, 1.82) is 0 Å². The van der Waals surface area contributed by atoms with Crippen LogP contribution in [-0.2, 0) is 10.2 Å². The third kappa shape index (κ3) is 1.65. The van der Waals surface area contributed by atoms with Crippen LogP contribution >= 0.6 is 9.03 Å². The monoisotopic (exact) mass is 225 g/mol. The van der Waals surface area contributed by atoms with E-state index in [-0.39, 0.29) is 14.9 Å². The SMILES string of the molecule is CC(C)(C(N)=O)c1ccc2c(c1)OPO2. The summed E-state index contributed by atoms with van der Waals surface area (Å²) in [7, 11) is 0.00443. The van der Waals surface area contributed by atoms with Crippen LogP contribution in [0.5, 0.6) is 11.5 Å². The molecule has 1 amide bonds. The van der Waals surface area contributed by atoms with Gasteiger partial charge in [0.25, 0.3) is 9.03 Å². The first kappa shape index (κ1) is 10.2. The Morgan fingerprint density at radius 3 is 2.67 bits per heavy atom. The van der Waals surface area contributed by atoms with E-state index >= 15 is 0 Å². The molecule has 0 spiro atoms. The van der Waals surface area contributed by atoms with Gasteiger partial charge in [0, 0.05) is 0 Å². The highest BCUT2D eigenvalue weighted by atomic mass is 31.1. The molecule has 0 fully saturated rings. The minimum atomic E-state index is -0.690. The number of benzene rings is 1. The fraction of sp³-hybridized carbons (Fsp3) is 0.300. The summed E-state index contributed by atoms with van der Waals surface area (Å²) in [5.41, 5.74) is 5.48. The molecule has 1 aliphatic rings. The van der Waals surface area contributed by atoms with Gasteiger partial charge in [-0.3, -0.25) is 4.79 Å². The number of rotatable bonds is 2. The normalized spacial score (nSPS) is 15.6. The molecule has 0 aromatic heterocycles. The minimum Gasteiger partial charge on any atom is -0.437 e. The van der Waals surface area contributed by atoms with Crippen molar-refractivity contribution in [2.75, 3.05) is 0 Å². The van der Waals surface area contributed by atoms with E-state index in [4.69, 9.17) is 14.8 Å². The van der Waals surface area contributed by atoms with Gasteiger partial charge >= 0.3 is 0 Å². The Kier molecular flexibility index (Phi) is 2.31. The number of nitrogens with two attached hydrogens (primary N) is 1. The molecule has 0 saturated carbocycles. The molecule has 0 aliphatic carbocycles. The van der Waals surface area contributed by atoms with Gasteiger partial charge in [0.2, 0.25) is 5.91 Å². The van der Waals surface area contributed by atoms with E-state index in [9.17, 15) is 4.79 Å². The third-order valence-corrected chi connectivity index (χ3v) is 3.19. The second-order valence-corrected chi connectivity index (χ2v) is 4.51. The number of fused-ring (bicyclic) bond motifs is 1. The zero-order chi connectivity index (χ0) is 11.1. The fourth-order valence-electron chi connectivity index (χ4n) is 1.31. The average molecular weight is 225 g/mol. The quantitative estimate of drug-likeness (QED) is 0.779. The molecule has 15 heavy (non-hydrogen) atoms. The summed E-state index contributed by atoms with van der Waals surface area (Å²) in [5, 5.41) is 0. The van der Waals surface area contributed by atoms with Crippen molar-refractivity contribution in [1.82, 2.24) is 0 Å². The van der Waals surface area contributed by atoms with Gasteiger partial charge in [0.15, 0.2) is 11.5 Å². The number of hydrogen-bond donors (Lipinski definition) is 1. The van der Waals surface area contributed by atoms with Crippen molar-refractivity contribution in [3.05, 3.63) is 23.8 Å². The number of hydrogen-bond acceptors (Lipinski definition) is 3. The van der Waals surface area contributed by atoms with Crippen LogP contribution in [0.15, 0.2) is 18.2 Å². The Balaban J connectivity index is 2.42. The van der Waals surface area contributed by atoms with Crippen LogP contribution in [0.3, 0.4) is 0 Å². The van der Waals surface area contributed by atoms with E-state index in [1.807, 2.05) is 6.07 Å². The Bertz CT molecular complexity index is 417. The second-order valence-electron chi connectivity index (χ2n) is 3.94. The Hall–Kier alpha value is -1.28. The molecule has 4 nitrogen and oxygen atoms in total. The molecule has 1 aliphatic heterocycles. The van der Waals surface area contributed by atoms with Gasteiger partial charge in [-0.15, -0.1) is 0 Å². The molecule has 1 aromatic carbocycles. The predicted molar refractivity (Wildman–Crippen MR) is 58.2 cm³/mol. The van der Waals surface area contributed by atoms with Crippen molar-refractivity contribution in [3.8, 4) is 11.5 Å². The summed E-state index contributed by atoms with van der Waals surface area (Å²) in [6, 6.07) is 5.44. The molecule has 1 atom stereocenters. The maximum atomic E-state index is 11.3. The molecule has 0 saturated heterocycles. The summed E-state index contributed by atoms with van der Waals surface area (Å²) < 4.78 is 10.5. The number of carbonyl (C=O) groups is 1. The summed E-state index contributed by atoms with van der Waals surface area (Å²) in [4.78, 5) is 11.3. The fourth-order valence-corrected chi connectivity index (χ4v) is 1.86. The molecule has 0 bridgehead atoms. The lowest BCUT2D eigenvalue weighted by Gasteiger charge is -2.20. The molecule has 5 heteroatoms. The average Bonchev–Trinajstić information content (AvgIpc) is 2.63. The highest BCUT2D eigenvalue weighted by molar-refractivity contribution is 7.27. The van der Waals surface area contributed by atoms with E-state index < -0.39 is 5.41 Å². The molecule has 80 valence electrons. The van der Waals surface area contributed by atoms with Gasteiger partial charge < -0.3 is 14.8 Å². The summed E-state index contributed by atoms with van der Waals surface area (Å²) >= 11 is 0. The van der Waals surface area contributed by atoms with Gasteiger partial charge in [-0.25, -0.2) is 0 Å². The van der Waals surface area contributed by atoms with Crippen LogP contribution in [0.1, 0.15) is 19.4 Å². The van der Waals surface area contributed by atoms with E-state index in [1.54, 1.807) is 26.0 Å². The largest absolute Gasteiger partial charge is 0.437 e. The first-order valence-corrected chi connectivity index (χ1v) is 5.36. The van der Waals surface area contributed by atoms with Crippen LogP contribution in [-0.4, -0.2) is 5.91 Å². The number of carbonyl (C=O) groups excluding carboxylic acids is 1. The van der Waals surface area contributed by atoms with Crippen molar-refractivity contribution < 1.29 is 13.8 Å². The Labute approximate surface area is 89.7 Å². The maximum Gasteiger partial charge on any atom is 0.275 e. The van der Waals surface area contributed by atoms with Crippen LogP contribution < -0.4 is 14.8 Å². The first-order valence-electron chi connectivity index (χ1n) is 4.55. The first-order chi connectivity index (χ1) is 7.01. The molecule has 2 N–H and O–H groups in total. The lowest BCUT2D eigenvalue weighted by Crippen LogP contribution is -2.35. The smallest absolute Gasteiger partial charge is 0.275 e. The highest BCUT2D eigenvalue weighted by Crippen LogP contribution is 2.43. The Morgan fingerprint density at radius 1 is 1.33 bits per heavy atom. The van der Waals surface area contributed by atoms with Gasteiger partial charge in [0.05, 0.1) is 5.41 Å². The molecular formula is C10H12NO3P. The summed E-state index contributed by atoms with van der Waals surface area (Å²) in [5.74, 6) is 1.04. The molecule has 2 rings (SSSR count). The lowest BCUT2D eigenvalue weighted by molar-refractivity contribution is -0.122. The van der Waals surface area contributed by atoms with E-state index in [1.165, 1.54) is 0 Å². The predicted octanol–water partition coefficient (Wildman–Crippen LogP) is 1.73. The van der Waals surface area contributed by atoms with Crippen molar-refractivity contribution in [3.63, 3.8) is 0 Å². The van der Waals surface area contributed by atoms with E-state index in [0.29, 0.717) is 5.75 Å². The van der Waals surface area contributed by atoms with Crippen LogP contribution in [0.4, 0.5) is 0 Å². The molecule has 1 unspecified atom stereocenters. The third-order valence-electron chi connectivity index (χ3n) is 2.58. The zero-order valence-electron chi connectivity index (χ0n) is 8.53. The standard InChI is InChI=1S/C10H12NO3P/c1-10(2,9(11)12)6-3-4-7-8(5-6)14-15-13-7/h3-5,15H,1-2H3,(H2,11,12).